The van der Waals surface area contributed by atoms with Crippen LogP contribution in [-0.2, 0) is 9.59 Å². The average molecular weight is 288 g/mol. The van der Waals surface area contributed by atoms with Crippen LogP contribution in [0.15, 0.2) is 48.9 Å². The molecule has 2 N–H and O–H groups in total. The van der Waals surface area contributed by atoms with Crippen molar-refractivity contribution in [2.45, 2.75) is 19.8 Å². The number of aryl methyl sites for hydroxylation is 1. The van der Waals surface area contributed by atoms with Gasteiger partial charge < -0.3 is 10.6 Å². The number of hydrogen-bond donors (Lipinski definition) is 2. The van der Waals surface area contributed by atoms with Gasteiger partial charge in [-0.05, 0) is 38.0 Å². The first-order valence-electron chi connectivity index (χ1n) is 6.64. The molecule has 2 amide bonds. The molecular weight excluding hydrogens is 271 g/mol. The van der Waals surface area contributed by atoms with Crippen LogP contribution < -0.4 is 10.6 Å². The Hall–Kier alpha value is -2.43. The molecular formula is C16H17FN2O2. The maximum absolute atomic E-state index is 12.5. The number of anilines is 1. The number of carbonyl (C=O) groups excluding carboxylic acids is 2. The number of amides is 2. The Bertz CT molecular complexity index is 601. The largest absolute Gasteiger partial charge is 0.325 e. The van der Waals surface area contributed by atoms with Crippen LogP contribution >= 0.6 is 0 Å². The second-order valence-corrected chi connectivity index (χ2v) is 5.12. The fourth-order valence-corrected chi connectivity index (χ4v) is 1.94. The van der Waals surface area contributed by atoms with Crippen LogP contribution in [0, 0.1) is 12.3 Å². The van der Waals surface area contributed by atoms with Crippen molar-refractivity contribution in [2.75, 3.05) is 5.32 Å². The van der Waals surface area contributed by atoms with Gasteiger partial charge >= 0.3 is 0 Å². The van der Waals surface area contributed by atoms with Crippen LogP contribution in [0.2, 0.25) is 0 Å². The van der Waals surface area contributed by atoms with E-state index in [9.17, 15) is 14.0 Å². The second kappa shape index (κ2) is 5.91. The van der Waals surface area contributed by atoms with Crippen molar-refractivity contribution in [1.82, 2.24) is 5.32 Å². The first kappa shape index (κ1) is 15.0. The molecule has 1 aromatic carbocycles. The molecule has 0 aromatic heterocycles. The molecule has 0 radical (unpaired) electrons. The van der Waals surface area contributed by atoms with Gasteiger partial charge in [-0.1, -0.05) is 24.3 Å². The number of nitrogens with one attached hydrogen (secondary N) is 2. The van der Waals surface area contributed by atoms with E-state index in [4.69, 9.17) is 0 Å². The number of rotatable bonds is 5. The van der Waals surface area contributed by atoms with Gasteiger partial charge in [-0.15, -0.1) is 0 Å². The lowest BCUT2D eigenvalue weighted by atomic mass is 10.0. The quantitative estimate of drug-likeness (QED) is 0.646. The molecule has 5 heteroatoms. The normalized spacial score (nSPS) is 16.0. The summed E-state index contributed by atoms with van der Waals surface area (Å²) in [5.41, 5.74) is 0.557. The smallest absolute Gasteiger partial charge is 0.240 e. The molecule has 1 fully saturated rings. The Morgan fingerprint density at radius 1 is 1.24 bits per heavy atom. The van der Waals surface area contributed by atoms with Crippen molar-refractivity contribution in [3.63, 3.8) is 0 Å². The number of allylic oxidation sites excluding steroid dienone is 1. The predicted octanol–water partition coefficient (Wildman–Crippen LogP) is 2.83. The minimum atomic E-state index is -1.11. The molecule has 0 atom stereocenters. The number of carbonyl (C=O) groups is 2. The van der Waals surface area contributed by atoms with Crippen molar-refractivity contribution in [2.24, 2.45) is 5.41 Å². The second-order valence-electron chi connectivity index (χ2n) is 5.12. The summed E-state index contributed by atoms with van der Waals surface area (Å²) in [7, 11) is 0. The van der Waals surface area contributed by atoms with Crippen LogP contribution in [0.5, 0.6) is 0 Å². The van der Waals surface area contributed by atoms with Gasteiger partial charge in [-0.3, -0.25) is 9.59 Å². The molecule has 0 heterocycles. The zero-order valence-corrected chi connectivity index (χ0v) is 11.8. The highest BCUT2D eigenvalue weighted by Crippen LogP contribution is 2.47. The molecule has 0 aliphatic heterocycles. The first-order valence-corrected chi connectivity index (χ1v) is 6.64. The highest BCUT2D eigenvalue weighted by Gasteiger charge is 2.56. The van der Waals surface area contributed by atoms with E-state index in [2.05, 4.69) is 17.2 Å². The monoisotopic (exact) mass is 288 g/mol. The summed E-state index contributed by atoms with van der Waals surface area (Å²) in [6, 6.07) is 7.30. The highest BCUT2D eigenvalue weighted by molar-refractivity contribution is 6.13. The highest BCUT2D eigenvalue weighted by atomic mass is 19.1. The minimum Gasteiger partial charge on any atom is -0.325 e. The lowest BCUT2D eigenvalue weighted by Crippen LogP contribution is -2.39. The summed E-state index contributed by atoms with van der Waals surface area (Å²) in [5.74, 6) is -0.873. The van der Waals surface area contributed by atoms with E-state index in [1.54, 1.807) is 12.1 Å². The molecule has 2 rings (SSSR count). The fraction of sp³-hybridized carbons (Fsp3) is 0.250. The molecule has 1 saturated carbocycles. The van der Waals surface area contributed by atoms with E-state index < -0.39 is 11.3 Å². The maximum Gasteiger partial charge on any atom is 0.240 e. The molecule has 1 aliphatic rings. The minimum absolute atomic E-state index is 0.0468. The van der Waals surface area contributed by atoms with Crippen LogP contribution in [0.4, 0.5) is 10.1 Å². The van der Waals surface area contributed by atoms with Gasteiger partial charge in [-0.25, -0.2) is 4.39 Å². The molecule has 0 spiro atoms. The summed E-state index contributed by atoms with van der Waals surface area (Å²) < 4.78 is 12.5. The first-order chi connectivity index (χ1) is 10.0. The summed E-state index contributed by atoms with van der Waals surface area (Å²) >= 11 is 0. The third-order valence-electron chi connectivity index (χ3n) is 3.52. The lowest BCUT2D eigenvalue weighted by Gasteiger charge is -2.15. The average Bonchev–Trinajstić information content (AvgIpc) is 3.28. The van der Waals surface area contributed by atoms with Crippen LogP contribution in [0.25, 0.3) is 0 Å². The van der Waals surface area contributed by atoms with Gasteiger partial charge in [0.05, 0.1) is 5.70 Å². The summed E-state index contributed by atoms with van der Waals surface area (Å²) in [6.45, 7) is 5.33. The molecule has 0 unspecified atom stereocenters. The molecule has 0 bridgehead atoms. The fourth-order valence-electron chi connectivity index (χ4n) is 1.94. The van der Waals surface area contributed by atoms with Gasteiger partial charge in [-0.2, -0.15) is 0 Å². The number of halogens is 1. The van der Waals surface area contributed by atoms with E-state index in [0.29, 0.717) is 18.5 Å². The zero-order valence-electron chi connectivity index (χ0n) is 11.8. The number of hydrogen-bond acceptors (Lipinski definition) is 2. The molecule has 21 heavy (non-hydrogen) atoms. The Morgan fingerprint density at radius 3 is 2.33 bits per heavy atom. The SMILES string of the molecule is C=C/C(=C\F)NC(=O)C1(C(=O)Nc2ccc(C)cc2)CC1. The Labute approximate surface area is 122 Å². The standard InChI is InChI=1S/C16H17FN2O2/c1-3-12(10-17)18-14(20)16(8-9-16)15(21)19-13-6-4-11(2)5-7-13/h3-7,10H,1,8-9H2,2H3,(H,18,20)(H,19,21)/b12-10+. The Morgan fingerprint density at radius 2 is 1.86 bits per heavy atom. The van der Waals surface area contributed by atoms with Crippen LogP contribution in [0.1, 0.15) is 18.4 Å². The Balaban J connectivity index is 2.06. The third kappa shape index (κ3) is 3.18. The van der Waals surface area contributed by atoms with Crippen molar-refractivity contribution in [3.05, 3.63) is 54.5 Å². The van der Waals surface area contributed by atoms with Gasteiger partial charge in [0.25, 0.3) is 0 Å². The Kier molecular flexibility index (Phi) is 4.21. The van der Waals surface area contributed by atoms with Gasteiger partial charge in [0.1, 0.15) is 11.7 Å². The van der Waals surface area contributed by atoms with Crippen LogP contribution in [0.3, 0.4) is 0 Å². The van der Waals surface area contributed by atoms with E-state index in [0.717, 1.165) is 5.56 Å². The van der Waals surface area contributed by atoms with Gasteiger partial charge in [0.2, 0.25) is 11.8 Å². The van der Waals surface area contributed by atoms with E-state index >= 15 is 0 Å². The summed E-state index contributed by atoms with van der Waals surface area (Å²) in [6.07, 6.45) is 2.34. The zero-order chi connectivity index (χ0) is 15.5. The van der Waals surface area contributed by atoms with E-state index in [-0.39, 0.29) is 17.9 Å². The lowest BCUT2D eigenvalue weighted by molar-refractivity contribution is -0.133. The maximum atomic E-state index is 12.5. The predicted molar refractivity (Wildman–Crippen MR) is 79.0 cm³/mol. The van der Waals surface area contributed by atoms with Crippen molar-refractivity contribution in [3.8, 4) is 0 Å². The van der Waals surface area contributed by atoms with E-state index in [1.807, 2.05) is 19.1 Å². The summed E-state index contributed by atoms with van der Waals surface area (Å²) in [4.78, 5) is 24.4. The van der Waals surface area contributed by atoms with E-state index in [1.165, 1.54) is 6.08 Å². The van der Waals surface area contributed by atoms with Gasteiger partial charge in [0.15, 0.2) is 0 Å². The molecule has 0 saturated heterocycles. The molecule has 1 aromatic rings. The van der Waals surface area contributed by atoms with Crippen LogP contribution in [-0.4, -0.2) is 11.8 Å². The summed E-state index contributed by atoms with van der Waals surface area (Å²) in [5, 5.41) is 5.09. The van der Waals surface area contributed by atoms with Crippen molar-refractivity contribution >= 4 is 17.5 Å². The van der Waals surface area contributed by atoms with Crippen molar-refractivity contribution < 1.29 is 14.0 Å². The van der Waals surface area contributed by atoms with Gasteiger partial charge in [0, 0.05) is 5.69 Å². The van der Waals surface area contributed by atoms with Crippen molar-refractivity contribution in [1.29, 1.82) is 0 Å². The molecule has 110 valence electrons. The third-order valence-corrected chi connectivity index (χ3v) is 3.52. The topological polar surface area (TPSA) is 58.2 Å². The number of benzene rings is 1. The molecule has 4 nitrogen and oxygen atoms in total. The molecule has 1 aliphatic carbocycles.